The quantitative estimate of drug-likeness (QED) is 0.839. The SMILES string of the molecule is Nc1ccc(-n2cc(C(=O)O)c(C(F)F)n2)c(F)c1. The molecule has 0 fully saturated rings. The van der Waals surface area contributed by atoms with Gasteiger partial charge in [-0.2, -0.15) is 5.10 Å². The Labute approximate surface area is 105 Å². The number of nitrogens with two attached hydrogens (primary N) is 1. The predicted octanol–water partition coefficient (Wildman–Crippen LogP) is 2.23. The van der Waals surface area contributed by atoms with E-state index in [0.717, 1.165) is 16.9 Å². The highest BCUT2D eigenvalue weighted by Gasteiger charge is 2.24. The predicted molar refractivity (Wildman–Crippen MR) is 59.9 cm³/mol. The number of halogens is 3. The Bertz CT molecular complexity index is 640. The van der Waals surface area contributed by atoms with Gasteiger partial charge in [-0.3, -0.25) is 0 Å². The first-order valence-corrected chi connectivity index (χ1v) is 5.06. The lowest BCUT2D eigenvalue weighted by Crippen LogP contribution is -2.00. The Morgan fingerprint density at radius 3 is 2.58 bits per heavy atom. The monoisotopic (exact) mass is 271 g/mol. The molecule has 0 saturated heterocycles. The standard InChI is InChI=1S/C11H8F3N3O2/c12-7-3-5(15)1-2-8(7)17-4-6(11(18)19)9(16-17)10(13)14/h1-4,10H,15H2,(H,18,19). The Balaban J connectivity index is 2.57. The van der Waals surface area contributed by atoms with Crippen LogP contribution in [-0.2, 0) is 0 Å². The molecule has 2 aromatic rings. The number of carboxylic acids is 1. The average Bonchev–Trinajstić information content (AvgIpc) is 2.73. The number of alkyl halides is 2. The van der Waals surface area contributed by atoms with Gasteiger partial charge in [-0.15, -0.1) is 0 Å². The second kappa shape index (κ2) is 4.63. The van der Waals surface area contributed by atoms with Gasteiger partial charge < -0.3 is 10.8 Å². The van der Waals surface area contributed by atoms with E-state index in [2.05, 4.69) is 5.10 Å². The molecule has 0 radical (unpaired) electrons. The maximum atomic E-state index is 13.6. The van der Waals surface area contributed by atoms with E-state index in [0.29, 0.717) is 0 Å². The Kier molecular flexibility index (Phi) is 3.16. The van der Waals surface area contributed by atoms with Crippen molar-refractivity contribution in [2.75, 3.05) is 5.73 Å². The largest absolute Gasteiger partial charge is 0.478 e. The summed E-state index contributed by atoms with van der Waals surface area (Å²) in [6.45, 7) is 0. The van der Waals surface area contributed by atoms with Gasteiger partial charge >= 0.3 is 5.97 Å². The summed E-state index contributed by atoms with van der Waals surface area (Å²) in [7, 11) is 0. The lowest BCUT2D eigenvalue weighted by Gasteiger charge is -2.03. The van der Waals surface area contributed by atoms with E-state index >= 15 is 0 Å². The molecule has 0 atom stereocenters. The molecule has 5 nitrogen and oxygen atoms in total. The van der Waals surface area contributed by atoms with Crippen molar-refractivity contribution in [3.05, 3.63) is 41.5 Å². The first-order valence-electron chi connectivity index (χ1n) is 5.06. The third-order valence-corrected chi connectivity index (χ3v) is 2.40. The van der Waals surface area contributed by atoms with Gasteiger partial charge in [-0.1, -0.05) is 0 Å². The third kappa shape index (κ3) is 2.37. The molecule has 0 aliphatic rings. The molecule has 1 aromatic heterocycles. The van der Waals surface area contributed by atoms with Crippen LogP contribution in [0.15, 0.2) is 24.4 Å². The van der Waals surface area contributed by atoms with Crippen LogP contribution in [0.2, 0.25) is 0 Å². The first kappa shape index (κ1) is 12.9. The number of nitrogens with zero attached hydrogens (tertiary/aromatic N) is 2. The molecule has 0 saturated carbocycles. The highest BCUT2D eigenvalue weighted by atomic mass is 19.3. The zero-order chi connectivity index (χ0) is 14.2. The van der Waals surface area contributed by atoms with Gasteiger partial charge in [-0.25, -0.2) is 22.6 Å². The van der Waals surface area contributed by atoms with Crippen molar-refractivity contribution in [2.24, 2.45) is 0 Å². The highest BCUT2D eigenvalue weighted by Crippen LogP contribution is 2.24. The molecular weight excluding hydrogens is 263 g/mol. The number of nitrogen functional groups attached to an aromatic ring is 1. The minimum absolute atomic E-state index is 0.154. The van der Waals surface area contributed by atoms with E-state index in [1.54, 1.807) is 0 Å². The second-order valence-corrected chi connectivity index (χ2v) is 3.69. The average molecular weight is 271 g/mol. The van der Waals surface area contributed by atoms with Gasteiger partial charge in [-0.05, 0) is 18.2 Å². The number of hydrogen-bond donors (Lipinski definition) is 2. The molecule has 1 heterocycles. The molecule has 3 N–H and O–H groups in total. The Morgan fingerprint density at radius 1 is 1.42 bits per heavy atom. The summed E-state index contributed by atoms with van der Waals surface area (Å²) < 4.78 is 39.6. The summed E-state index contributed by atoms with van der Waals surface area (Å²) >= 11 is 0. The van der Waals surface area contributed by atoms with Crippen LogP contribution in [0.5, 0.6) is 0 Å². The molecule has 0 aliphatic heterocycles. The minimum atomic E-state index is -3.07. The molecule has 2 rings (SSSR count). The first-order chi connectivity index (χ1) is 8.90. The highest BCUT2D eigenvalue weighted by molar-refractivity contribution is 5.88. The molecular formula is C11H8F3N3O2. The van der Waals surface area contributed by atoms with E-state index in [1.807, 2.05) is 0 Å². The number of hydrogen-bond acceptors (Lipinski definition) is 3. The topological polar surface area (TPSA) is 81.1 Å². The van der Waals surface area contributed by atoms with Gasteiger partial charge in [0.1, 0.15) is 16.9 Å². The van der Waals surface area contributed by atoms with Crippen LogP contribution < -0.4 is 5.73 Å². The Hall–Kier alpha value is -2.51. The minimum Gasteiger partial charge on any atom is -0.478 e. The molecule has 0 spiro atoms. The van der Waals surface area contributed by atoms with Crippen LogP contribution in [0.1, 0.15) is 22.5 Å². The number of rotatable bonds is 3. The molecule has 0 aliphatic carbocycles. The van der Waals surface area contributed by atoms with Crippen molar-refractivity contribution in [3.63, 3.8) is 0 Å². The van der Waals surface area contributed by atoms with Crippen LogP contribution in [0.25, 0.3) is 5.69 Å². The molecule has 19 heavy (non-hydrogen) atoms. The lowest BCUT2D eigenvalue weighted by atomic mass is 10.2. The fraction of sp³-hybridized carbons (Fsp3) is 0.0909. The normalized spacial score (nSPS) is 10.9. The van der Waals surface area contributed by atoms with Crippen LogP contribution in [-0.4, -0.2) is 20.9 Å². The summed E-state index contributed by atoms with van der Waals surface area (Å²) in [5.74, 6) is -2.35. The number of aromatic nitrogens is 2. The fourth-order valence-corrected chi connectivity index (χ4v) is 1.55. The summed E-state index contributed by atoms with van der Waals surface area (Å²) in [6.07, 6.45) is -2.23. The molecule has 1 aromatic carbocycles. The van der Waals surface area contributed by atoms with Crippen molar-refractivity contribution in [3.8, 4) is 5.69 Å². The number of benzene rings is 1. The molecule has 0 amide bonds. The lowest BCUT2D eigenvalue weighted by molar-refractivity contribution is 0.0684. The van der Waals surface area contributed by atoms with Gasteiger partial charge in [0, 0.05) is 11.9 Å². The van der Waals surface area contributed by atoms with E-state index in [4.69, 9.17) is 10.8 Å². The number of carbonyl (C=O) groups is 1. The van der Waals surface area contributed by atoms with Crippen LogP contribution in [0.4, 0.5) is 18.9 Å². The van der Waals surface area contributed by atoms with Crippen molar-refractivity contribution >= 4 is 11.7 Å². The van der Waals surface area contributed by atoms with Crippen molar-refractivity contribution < 1.29 is 23.1 Å². The van der Waals surface area contributed by atoms with E-state index in [1.165, 1.54) is 12.1 Å². The maximum Gasteiger partial charge on any atom is 0.339 e. The van der Waals surface area contributed by atoms with Crippen LogP contribution in [0.3, 0.4) is 0 Å². The molecule has 100 valence electrons. The zero-order valence-corrected chi connectivity index (χ0v) is 9.35. The number of aromatic carboxylic acids is 1. The molecule has 8 heteroatoms. The Morgan fingerprint density at radius 2 is 2.11 bits per heavy atom. The van der Waals surface area contributed by atoms with Crippen molar-refractivity contribution in [1.82, 2.24) is 9.78 Å². The zero-order valence-electron chi connectivity index (χ0n) is 9.35. The van der Waals surface area contributed by atoms with E-state index < -0.39 is 29.5 Å². The summed E-state index contributed by atoms with van der Waals surface area (Å²) in [5, 5.41) is 12.2. The van der Waals surface area contributed by atoms with Crippen LogP contribution >= 0.6 is 0 Å². The fourth-order valence-electron chi connectivity index (χ4n) is 1.55. The molecule has 0 unspecified atom stereocenters. The molecule has 0 bridgehead atoms. The van der Waals surface area contributed by atoms with Crippen LogP contribution in [0, 0.1) is 5.82 Å². The van der Waals surface area contributed by atoms with Crippen molar-refractivity contribution in [2.45, 2.75) is 6.43 Å². The summed E-state index contributed by atoms with van der Waals surface area (Å²) in [4.78, 5) is 10.8. The smallest absolute Gasteiger partial charge is 0.339 e. The van der Waals surface area contributed by atoms with Gasteiger partial charge in [0.05, 0.1) is 0 Å². The third-order valence-electron chi connectivity index (χ3n) is 2.40. The van der Waals surface area contributed by atoms with Gasteiger partial charge in [0.25, 0.3) is 6.43 Å². The van der Waals surface area contributed by atoms with E-state index in [9.17, 15) is 18.0 Å². The number of anilines is 1. The van der Waals surface area contributed by atoms with Crippen molar-refractivity contribution in [1.29, 1.82) is 0 Å². The summed E-state index contributed by atoms with van der Waals surface area (Å²) in [5.41, 5.74) is 3.76. The summed E-state index contributed by atoms with van der Waals surface area (Å²) in [6, 6.07) is 3.56. The number of carboxylic acid groups (broad SMARTS) is 1. The van der Waals surface area contributed by atoms with E-state index in [-0.39, 0.29) is 11.4 Å². The van der Waals surface area contributed by atoms with Gasteiger partial charge in [0.2, 0.25) is 0 Å². The maximum absolute atomic E-state index is 13.6. The second-order valence-electron chi connectivity index (χ2n) is 3.69. The van der Waals surface area contributed by atoms with Gasteiger partial charge in [0.15, 0.2) is 5.82 Å².